The molecule has 182 valence electrons. The highest BCUT2D eigenvalue weighted by molar-refractivity contribution is 5.67. The molecule has 0 saturated carbocycles. The number of carbonyl (C=O) groups is 1. The molecule has 34 heavy (non-hydrogen) atoms. The number of imidazole rings is 1. The SMILES string of the molecule is CC(C)NC(=O)O[C@@H]1CO[C@H](c2cc(Nc3nccc4nc(CN5CC(F)C5)cn34)n[nH]2)[C@@H]1F. The van der Waals surface area contributed by atoms with Crippen molar-refractivity contribution >= 4 is 23.5 Å². The van der Waals surface area contributed by atoms with Gasteiger partial charge in [0.25, 0.3) is 0 Å². The quantitative estimate of drug-likeness (QED) is 0.475. The number of amides is 1. The lowest BCUT2D eigenvalue weighted by Gasteiger charge is -2.33. The van der Waals surface area contributed by atoms with E-state index in [9.17, 15) is 13.6 Å². The average Bonchev–Trinajstić information content (AvgIpc) is 3.46. The van der Waals surface area contributed by atoms with E-state index in [0.717, 1.165) is 5.69 Å². The predicted molar refractivity (Wildman–Crippen MR) is 117 cm³/mol. The molecular weight excluding hydrogens is 450 g/mol. The summed E-state index contributed by atoms with van der Waals surface area (Å²) in [4.78, 5) is 22.7. The summed E-state index contributed by atoms with van der Waals surface area (Å²) in [7, 11) is 0. The lowest BCUT2D eigenvalue weighted by molar-refractivity contribution is 0.0582. The van der Waals surface area contributed by atoms with E-state index in [0.29, 0.717) is 42.7 Å². The van der Waals surface area contributed by atoms with Gasteiger partial charge in [-0.15, -0.1) is 0 Å². The lowest BCUT2D eigenvalue weighted by atomic mass is 10.1. The Bertz CT molecular complexity index is 1160. The number of aromatic nitrogens is 5. The normalized spacial score (nSPS) is 23.4. The fourth-order valence-corrected chi connectivity index (χ4v) is 4.01. The van der Waals surface area contributed by atoms with Crippen LogP contribution in [0.1, 0.15) is 31.3 Å². The molecule has 3 N–H and O–H groups in total. The van der Waals surface area contributed by atoms with Gasteiger partial charge in [0, 0.05) is 44.1 Å². The second-order valence-corrected chi connectivity index (χ2v) is 8.79. The molecule has 0 unspecified atom stereocenters. The third-order valence-corrected chi connectivity index (χ3v) is 5.62. The van der Waals surface area contributed by atoms with Gasteiger partial charge in [-0.3, -0.25) is 14.4 Å². The number of nitrogens with one attached hydrogen (secondary N) is 3. The maximum Gasteiger partial charge on any atom is 0.407 e. The van der Waals surface area contributed by atoms with Crippen LogP contribution < -0.4 is 10.6 Å². The zero-order chi connectivity index (χ0) is 23.8. The van der Waals surface area contributed by atoms with Gasteiger partial charge in [-0.2, -0.15) is 5.10 Å². The Labute approximate surface area is 193 Å². The van der Waals surface area contributed by atoms with E-state index < -0.39 is 30.6 Å². The molecule has 0 bridgehead atoms. The Kier molecular flexibility index (Phi) is 6.04. The molecule has 2 saturated heterocycles. The van der Waals surface area contributed by atoms with E-state index in [4.69, 9.17) is 9.47 Å². The molecule has 0 aliphatic carbocycles. The number of hydrogen-bond donors (Lipinski definition) is 3. The van der Waals surface area contributed by atoms with Crippen LogP contribution >= 0.6 is 0 Å². The maximum absolute atomic E-state index is 14.9. The summed E-state index contributed by atoms with van der Waals surface area (Å²) in [6.45, 7) is 4.91. The summed E-state index contributed by atoms with van der Waals surface area (Å²) in [5.41, 5.74) is 1.89. The van der Waals surface area contributed by atoms with E-state index >= 15 is 0 Å². The first-order chi connectivity index (χ1) is 16.4. The maximum atomic E-state index is 14.9. The van der Waals surface area contributed by atoms with Crippen molar-refractivity contribution in [2.24, 2.45) is 0 Å². The summed E-state index contributed by atoms with van der Waals surface area (Å²) >= 11 is 0. The van der Waals surface area contributed by atoms with Crippen LogP contribution in [0.2, 0.25) is 0 Å². The zero-order valence-corrected chi connectivity index (χ0v) is 18.7. The van der Waals surface area contributed by atoms with Crippen LogP contribution in [0.15, 0.2) is 24.5 Å². The smallest absolute Gasteiger partial charge is 0.407 e. The summed E-state index contributed by atoms with van der Waals surface area (Å²) in [5, 5.41) is 12.6. The molecule has 3 atom stereocenters. The van der Waals surface area contributed by atoms with Gasteiger partial charge in [-0.05, 0) is 19.9 Å². The van der Waals surface area contributed by atoms with Gasteiger partial charge in [0.2, 0.25) is 5.95 Å². The number of anilines is 2. The third kappa shape index (κ3) is 4.66. The largest absolute Gasteiger partial charge is 0.441 e. The molecule has 2 aliphatic rings. The molecule has 2 fully saturated rings. The number of likely N-dealkylation sites (tertiary alicyclic amines) is 1. The number of rotatable bonds is 7. The lowest BCUT2D eigenvalue weighted by Crippen LogP contribution is -2.47. The minimum absolute atomic E-state index is 0.0576. The van der Waals surface area contributed by atoms with E-state index in [-0.39, 0.29) is 12.6 Å². The summed E-state index contributed by atoms with van der Waals surface area (Å²) in [6, 6.07) is 3.27. The van der Waals surface area contributed by atoms with Crippen molar-refractivity contribution in [3.63, 3.8) is 0 Å². The number of aromatic amines is 1. The van der Waals surface area contributed by atoms with Crippen molar-refractivity contribution in [3.05, 3.63) is 35.9 Å². The van der Waals surface area contributed by atoms with Crippen LogP contribution in [0.3, 0.4) is 0 Å². The molecule has 11 nitrogen and oxygen atoms in total. The van der Waals surface area contributed by atoms with Crippen molar-refractivity contribution in [1.82, 2.24) is 34.8 Å². The third-order valence-electron chi connectivity index (χ3n) is 5.62. The van der Waals surface area contributed by atoms with E-state index in [1.807, 2.05) is 11.1 Å². The first-order valence-corrected chi connectivity index (χ1v) is 11.1. The second-order valence-electron chi connectivity index (χ2n) is 8.79. The Morgan fingerprint density at radius 1 is 1.38 bits per heavy atom. The minimum atomic E-state index is -1.55. The van der Waals surface area contributed by atoms with E-state index in [2.05, 4.69) is 30.8 Å². The molecule has 1 amide bonds. The number of ether oxygens (including phenoxy) is 2. The number of halogens is 2. The summed E-state index contributed by atoms with van der Waals surface area (Å²) in [5.74, 6) is 0.878. The van der Waals surface area contributed by atoms with Crippen LogP contribution in [0.5, 0.6) is 0 Å². The monoisotopic (exact) mass is 476 g/mol. The molecular formula is C21H26F2N8O3. The number of hydrogen-bond acceptors (Lipinski definition) is 8. The molecule has 3 aromatic heterocycles. The van der Waals surface area contributed by atoms with Crippen LogP contribution in [-0.2, 0) is 16.0 Å². The minimum Gasteiger partial charge on any atom is -0.441 e. The molecule has 3 aromatic rings. The highest BCUT2D eigenvalue weighted by atomic mass is 19.1. The van der Waals surface area contributed by atoms with Crippen molar-refractivity contribution in [3.8, 4) is 0 Å². The van der Waals surface area contributed by atoms with Gasteiger partial charge in [0.05, 0.1) is 18.0 Å². The Balaban J connectivity index is 1.25. The van der Waals surface area contributed by atoms with Gasteiger partial charge >= 0.3 is 6.09 Å². The fraction of sp³-hybridized carbons (Fsp3) is 0.524. The van der Waals surface area contributed by atoms with Crippen LogP contribution in [0.25, 0.3) is 5.65 Å². The van der Waals surface area contributed by atoms with Gasteiger partial charge < -0.3 is 20.1 Å². The molecule has 0 spiro atoms. The van der Waals surface area contributed by atoms with Crippen LogP contribution in [0, 0.1) is 0 Å². The van der Waals surface area contributed by atoms with Crippen molar-refractivity contribution in [1.29, 1.82) is 0 Å². The van der Waals surface area contributed by atoms with Gasteiger partial charge in [-0.1, -0.05) is 0 Å². The Morgan fingerprint density at radius 3 is 2.97 bits per heavy atom. The number of fused-ring (bicyclic) bond motifs is 1. The molecule has 5 rings (SSSR count). The Morgan fingerprint density at radius 2 is 2.21 bits per heavy atom. The van der Waals surface area contributed by atoms with Crippen molar-refractivity contribution < 1.29 is 23.0 Å². The summed E-state index contributed by atoms with van der Waals surface area (Å²) < 4.78 is 40.4. The number of H-pyrrole nitrogens is 1. The van der Waals surface area contributed by atoms with Gasteiger partial charge in [0.15, 0.2) is 18.1 Å². The standard InChI is InChI=1S/C21H26F2N8O3/c1-11(2)25-21(32)34-15-10-33-19(18(15)23)14-5-16(29-28-14)27-20-24-4-3-17-26-13(9-31(17)20)8-30-6-12(22)7-30/h3-5,9,11-12,15,18-19H,6-8,10H2,1-2H3,(H,25,32)(H2,24,27,28,29)/t15-,18-,19-/m1/s1. The number of nitrogens with zero attached hydrogens (tertiary/aromatic N) is 5. The average molecular weight is 476 g/mol. The fourth-order valence-electron chi connectivity index (χ4n) is 4.01. The van der Waals surface area contributed by atoms with Crippen molar-refractivity contribution in [2.75, 3.05) is 25.0 Å². The van der Waals surface area contributed by atoms with Crippen LogP contribution in [-0.4, -0.2) is 79.7 Å². The predicted octanol–water partition coefficient (Wildman–Crippen LogP) is 2.26. The number of carbonyl (C=O) groups excluding carboxylic acids is 1. The van der Waals surface area contributed by atoms with Gasteiger partial charge in [-0.25, -0.2) is 23.5 Å². The van der Waals surface area contributed by atoms with E-state index in [1.54, 1.807) is 36.6 Å². The topological polar surface area (TPSA) is 122 Å². The first kappa shape index (κ1) is 22.5. The molecule has 0 aromatic carbocycles. The first-order valence-electron chi connectivity index (χ1n) is 11.1. The molecule has 5 heterocycles. The molecule has 13 heteroatoms. The Hall–Kier alpha value is -3.32. The number of alkyl carbamates (subject to hydrolysis) is 1. The second kappa shape index (κ2) is 9.14. The molecule has 0 radical (unpaired) electrons. The number of alkyl halides is 2. The van der Waals surface area contributed by atoms with Crippen molar-refractivity contribution in [2.45, 2.75) is 51.0 Å². The highest BCUT2D eigenvalue weighted by Gasteiger charge is 2.42. The van der Waals surface area contributed by atoms with E-state index in [1.165, 1.54) is 0 Å². The molecule has 2 aliphatic heterocycles. The highest BCUT2D eigenvalue weighted by Crippen LogP contribution is 2.33. The van der Waals surface area contributed by atoms with Crippen LogP contribution in [0.4, 0.5) is 25.3 Å². The zero-order valence-electron chi connectivity index (χ0n) is 18.7. The summed E-state index contributed by atoms with van der Waals surface area (Å²) in [6.07, 6.45) is -1.50. The van der Waals surface area contributed by atoms with Gasteiger partial charge in [0.1, 0.15) is 17.9 Å².